The highest BCUT2D eigenvalue weighted by Crippen LogP contribution is 2.22. The predicted octanol–water partition coefficient (Wildman–Crippen LogP) is 1.76. The lowest BCUT2D eigenvalue weighted by Crippen LogP contribution is -2.15. The van der Waals surface area contributed by atoms with Gasteiger partial charge in [0.2, 0.25) is 0 Å². The van der Waals surface area contributed by atoms with Crippen molar-refractivity contribution >= 4 is 11.8 Å². The molecule has 2 N–H and O–H groups in total. The Morgan fingerprint density at radius 3 is 3.17 bits per heavy atom. The molecule has 0 bridgehead atoms. The van der Waals surface area contributed by atoms with Gasteiger partial charge in [-0.25, -0.2) is 0 Å². The highest BCUT2D eigenvalue weighted by molar-refractivity contribution is 8.02. The number of nitrogens with zero attached hydrogens (tertiary/aromatic N) is 1. The van der Waals surface area contributed by atoms with Gasteiger partial charge in [0.1, 0.15) is 0 Å². The van der Waals surface area contributed by atoms with Crippen molar-refractivity contribution in [1.82, 2.24) is 4.90 Å². The molecule has 2 aliphatic heterocycles. The van der Waals surface area contributed by atoms with Crippen LogP contribution in [0, 0.1) is 0 Å². The van der Waals surface area contributed by atoms with Crippen LogP contribution >= 0.6 is 11.8 Å². The van der Waals surface area contributed by atoms with Gasteiger partial charge < -0.3 is 10.6 Å². The molecule has 2 aliphatic rings. The third kappa shape index (κ3) is 1.28. The Kier molecular flexibility index (Phi) is 1.96. The van der Waals surface area contributed by atoms with Gasteiger partial charge in [-0.3, -0.25) is 0 Å². The molecule has 3 heteroatoms. The van der Waals surface area contributed by atoms with Crippen LogP contribution in [0.15, 0.2) is 47.4 Å². The van der Waals surface area contributed by atoms with Gasteiger partial charge in [0.15, 0.2) is 0 Å². The highest BCUT2D eigenvalue weighted by Gasteiger charge is 2.10. The Labute approximate surface area is 76.1 Å². The summed E-state index contributed by atoms with van der Waals surface area (Å²) in [6.07, 6.45) is 10.1. The molecule has 2 rings (SSSR count). The lowest BCUT2D eigenvalue weighted by atomic mass is 10.2. The molecule has 0 spiro atoms. The molecule has 0 unspecified atom stereocenters. The van der Waals surface area contributed by atoms with E-state index in [-0.39, 0.29) is 0 Å². The quantitative estimate of drug-likeness (QED) is 0.613. The molecule has 0 radical (unpaired) electrons. The summed E-state index contributed by atoms with van der Waals surface area (Å²) in [4.78, 5) is 2.04. The van der Waals surface area contributed by atoms with E-state index >= 15 is 0 Å². The second-order valence-corrected chi connectivity index (χ2v) is 3.51. The van der Waals surface area contributed by atoms with E-state index in [4.69, 9.17) is 5.73 Å². The molecular weight excluding hydrogens is 168 g/mol. The second-order valence-electron chi connectivity index (χ2n) is 2.61. The zero-order valence-corrected chi connectivity index (χ0v) is 7.42. The summed E-state index contributed by atoms with van der Waals surface area (Å²) in [6.45, 7) is 0. The molecule has 2 nitrogen and oxygen atoms in total. The first kappa shape index (κ1) is 7.55. The first-order valence-electron chi connectivity index (χ1n) is 3.78. The van der Waals surface area contributed by atoms with Gasteiger partial charge in [-0.15, -0.1) is 11.8 Å². The average molecular weight is 178 g/mol. The van der Waals surface area contributed by atoms with Gasteiger partial charge in [-0.1, -0.05) is 6.08 Å². The molecule has 0 aliphatic carbocycles. The number of thioether (sulfide) groups is 1. The van der Waals surface area contributed by atoms with Crippen molar-refractivity contribution in [1.29, 1.82) is 0 Å². The smallest absolute Gasteiger partial charge is 0.0646 e. The summed E-state index contributed by atoms with van der Waals surface area (Å²) >= 11 is 1.72. The number of allylic oxidation sites excluding steroid dienone is 3. The van der Waals surface area contributed by atoms with E-state index in [1.165, 1.54) is 0 Å². The Morgan fingerprint density at radius 1 is 1.33 bits per heavy atom. The van der Waals surface area contributed by atoms with Crippen LogP contribution in [-0.2, 0) is 0 Å². The zero-order chi connectivity index (χ0) is 8.39. The van der Waals surface area contributed by atoms with Gasteiger partial charge in [0.05, 0.1) is 5.70 Å². The molecule has 0 amide bonds. The fourth-order valence-corrected chi connectivity index (χ4v) is 1.82. The Morgan fingerprint density at radius 2 is 2.25 bits per heavy atom. The topological polar surface area (TPSA) is 29.3 Å². The molecular formula is C9H10N2S. The predicted molar refractivity (Wildman–Crippen MR) is 52.9 cm³/mol. The Bertz CT molecular complexity index is 300. The van der Waals surface area contributed by atoms with Crippen molar-refractivity contribution in [3.63, 3.8) is 0 Å². The standard InChI is InChI=1S/C9H10N2S/c10-8-7-12-6-5-11-4-2-1-3-9(8)11/h1-6H,7,10H2. The van der Waals surface area contributed by atoms with E-state index in [1.807, 2.05) is 35.5 Å². The van der Waals surface area contributed by atoms with Gasteiger partial charge in [-0.2, -0.15) is 0 Å². The lowest BCUT2D eigenvalue weighted by Gasteiger charge is -2.19. The largest absolute Gasteiger partial charge is 0.400 e. The molecule has 0 aromatic carbocycles. The fraction of sp³-hybridized carbons (Fsp3) is 0.111. The molecule has 0 saturated carbocycles. The van der Waals surface area contributed by atoms with Gasteiger partial charge in [-0.05, 0) is 17.6 Å². The molecule has 0 atom stereocenters. The summed E-state index contributed by atoms with van der Waals surface area (Å²) in [6, 6.07) is 0. The van der Waals surface area contributed by atoms with Crippen LogP contribution in [0.4, 0.5) is 0 Å². The van der Waals surface area contributed by atoms with E-state index in [2.05, 4.69) is 5.41 Å². The Balaban J connectivity index is 2.40. The first-order chi connectivity index (χ1) is 5.88. The van der Waals surface area contributed by atoms with Crippen LogP contribution in [0.5, 0.6) is 0 Å². The van der Waals surface area contributed by atoms with Crippen molar-refractivity contribution in [2.45, 2.75) is 0 Å². The summed E-state index contributed by atoms with van der Waals surface area (Å²) in [5, 5.41) is 2.06. The van der Waals surface area contributed by atoms with Gasteiger partial charge in [0, 0.05) is 23.8 Å². The summed E-state index contributed by atoms with van der Waals surface area (Å²) in [5.41, 5.74) is 7.91. The fourth-order valence-electron chi connectivity index (χ4n) is 1.18. The molecule has 0 aromatic rings. The van der Waals surface area contributed by atoms with Crippen LogP contribution < -0.4 is 5.73 Å². The molecule has 0 saturated heterocycles. The van der Waals surface area contributed by atoms with Gasteiger partial charge in [0.25, 0.3) is 0 Å². The first-order valence-corrected chi connectivity index (χ1v) is 4.83. The van der Waals surface area contributed by atoms with Crippen LogP contribution in [0.2, 0.25) is 0 Å². The normalized spacial score (nSPS) is 21.2. The van der Waals surface area contributed by atoms with Crippen LogP contribution in [-0.4, -0.2) is 10.7 Å². The third-order valence-corrected chi connectivity index (χ3v) is 2.57. The maximum Gasteiger partial charge on any atom is 0.0646 e. The second kappa shape index (κ2) is 3.11. The van der Waals surface area contributed by atoms with E-state index in [1.54, 1.807) is 11.8 Å². The summed E-state index contributed by atoms with van der Waals surface area (Å²) < 4.78 is 0. The minimum absolute atomic E-state index is 0.876. The third-order valence-electron chi connectivity index (χ3n) is 1.78. The summed E-state index contributed by atoms with van der Waals surface area (Å²) in [5.74, 6) is 0.876. The highest BCUT2D eigenvalue weighted by atomic mass is 32.2. The van der Waals surface area contributed by atoms with Crippen molar-refractivity contribution in [2.75, 3.05) is 5.75 Å². The van der Waals surface area contributed by atoms with Crippen molar-refractivity contribution in [3.8, 4) is 0 Å². The minimum Gasteiger partial charge on any atom is -0.400 e. The van der Waals surface area contributed by atoms with Crippen LogP contribution in [0.25, 0.3) is 0 Å². The van der Waals surface area contributed by atoms with Crippen LogP contribution in [0.1, 0.15) is 0 Å². The van der Waals surface area contributed by atoms with E-state index in [9.17, 15) is 0 Å². The average Bonchev–Trinajstić information content (AvgIpc) is 2.29. The molecule has 12 heavy (non-hydrogen) atoms. The maximum absolute atomic E-state index is 5.88. The maximum atomic E-state index is 5.88. The van der Waals surface area contributed by atoms with E-state index < -0.39 is 0 Å². The SMILES string of the molecule is NC1=C2C=CC=CN2C=CSC1. The Hall–Kier alpha value is -1.09. The number of fused-ring (bicyclic) bond motifs is 1. The number of nitrogens with two attached hydrogens (primary N) is 1. The van der Waals surface area contributed by atoms with Crippen LogP contribution in [0.3, 0.4) is 0 Å². The molecule has 0 aromatic heterocycles. The monoisotopic (exact) mass is 178 g/mol. The molecule has 62 valence electrons. The number of rotatable bonds is 0. The molecule has 2 heterocycles. The van der Waals surface area contributed by atoms with Crippen molar-refractivity contribution in [3.05, 3.63) is 47.4 Å². The zero-order valence-electron chi connectivity index (χ0n) is 6.60. The number of hydrogen-bond donors (Lipinski definition) is 1. The lowest BCUT2D eigenvalue weighted by molar-refractivity contribution is 0.638. The van der Waals surface area contributed by atoms with E-state index in [0.717, 1.165) is 17.1 Å². The molecule has 0 fully saturated rings. The summed E-state index contributed by atoms with van der Waals surface area (Å²) in [7, 11) is 0. The van der Waals surface area contributed by atoms with Gasteiger partial charge >= 0.3 is 0 Å². The van der Waals surface area contributed by atoms with Crippen molar-refractivity contribution in [2.24, 2.45) is 5.73 Å². The minimum atomic E-state index is 0.876. The number of hydrogen-bond acceptors (Lipinski definition) is 3. The van der Waals surface area contributed by atoms with E-state index in [0.29, 0.717) is 0 Å². The van der Waals surface area contributed by atoms with Crippen molar-refractivity contribution < 1.29 is 0 Å².